The van der Waals surface area contributed by atoms with E-state index in [9.17, 15) is 13.6 Å². The zero-order valence-corrected chi connectivity index (χ0v) is 10.2. The average Bonchev–Trinajstić information content (AvgIpc) is 2.34. The van der Waals surface area contributed by atoms with Gasteiger partial charge in [-0.25, -0.2) is 18.6 Å². The molecule has 1 aromatic carbocycles. The summed E-state index contributed by atoms with van der Waals surface area (Å²) in [5, 5.41) is 9.06. The monoisotopic (exact) mass is 282 g/mol. The number of aromatic carboxylic acids is 1. The van der Waals surface area contributed by atoms with Gasteiger partial charge in [-0.05, 0) is 18.2 Å². The van der Waals surface area contributed by atoms with E-state index in [1.165, 1.54) is 18.3 Å². The molecule has 7 heteroatoms. The summed E-state index contributed by atoms with van der Waals surface area (Å²) in [4.78, 5) is 14.9. The molecule has 0 radical (unpaired) electrons. The van der Waals surface area contributed by atoms with E-state index >= 15 is 0 Å². The number of hydrogen-bond acceptors (Lipinski definition) is 4. The summed E-state index contributed by atoms with van der Waals surface area (Å²) in [6.45, 7) is 0. The number of aromatic nitrogens is 1. The molecule has 3 N–H and O–H groups in total. The number of nitrogens with zero attached hydrogens (tertiary/aromatic N) is 1. The highest BCUT2D eigenvalue weighted by Gasteiger charge is 2.15. The maximum Gasteiger partial charge on any atom is 0.337 e. The van der Waals surface area contributed by atoms with Gasteiger partial charge in [0.25, 0.3) is 0 Å². The number of carbonyl (C=O) groups is 1. The van der Waals surface area contributed by atoms with Gasteiger partial charge in [-0.3, -0.25) is 0 Å². The highest BCUT2D eigenvalue weighted by molar-refractivity contribution is 7.99. The lowest BCUT2D eigenvalue weighted by Gasteiger charge is -2.07. The Morgan fingerprint density at radius 1 is 1.32 bits per heavy atom. The Hall–Kier alpha value is -2.15. The van der Waals surface area contributed by atoms with Crippen LogP contribution >= 0.6 is 11.8 Å². The maximum absolute atomic E-state index is 13.5. The number of rotatable bonds is 3. The number of anilines is 1. The van der Waals surface area contributed by atoms with E-state index in [4.69, 9.17) is 10.8 Å². The van der Waals surface area contributed by atoms with E-state index in [2.05, 4.69) is 4.98 Å². The second-order valence-corrected chi connectivity index (χ2v) is 4.59. The van der Waals surface area contributed by atoms with Crippen molar-refractivity contribution in [3.05, 3.63) is 47.7 Å². The molecule has 19 heavy (non-hydrogen) atoms. The van der Waals surface area contributed by atoms with E-state index in [-0.39, 0.29) is 21.2 Å². The minimum Gasteiger partial charge on any atom is -0.478 e. The molecule has 0 saturated heterocycles. The zero-order valence-electron chi connectivity index (χ0n) is 9.43. The maximum atomic E-state index is 13.5. The van der Waals surface area contributed by atoms with Crippen LogP contribution in [0.5, 0.6) is 0 Å². The molecule has 1 aromatic heterocycles. The van der Waals surface area contributed by atoms with Crippen molar-refractivity contribution in [2.45, 2.75) is 9.92 Å². The SMILES string of the molecule is Nc1c(C(=O)O)ccnc1Sc1ccc(F)cc1F. The van der Waals surface area contributed by atoms with Crippen molar-refractivity contribution in [3.8, 4) is 0 Å². The van der Waals surface area contributed by atoms with Crippen molar-refractivity contribution in [1.82, 2.24) is 4.98 Å². The van der Waals surface area contributed by atoms with Gasteiger partial charge in [-0.15, -0.1) is 0 Å². The van der Waals surface area contributed by atoms with Crippen LogP contribution in [0.1, 0.15) is 10.4 Å². The first-order chi connectivity index (χ1) is 8.99. The average molecular weight is 282 g/mol. The highest BCUT2D eigenvalue weighted by atomic mass is 32.2. The zero-order chi connectivity index (χ0) is 14.0. The minimum absolute atomic E-state index is 0.0521. The first kappa shape index (κ1) is 13.3. The van der Waals surface area contributed by atoms with Gasteiger partial charge in [0.05, 0.1) is 11.3 Å². The largest absolute Gasteiger partial charge is 0.478 e. The normalized spacial score (nSPS) is 10.4. The third kappa shape index (κ3) is 2.82. The summed E-state index contributed by atoms with van der Waals surface area (Å²) >= 11 is 0.840. The molecule has 0 saturated carbocycles. The first-order valence-corrected chi connectivity index (χ1v) is 5.91. The number of nitrogen functional groups attached to an aromatic ring is 1. The Morgan fingerprint density at radius 3 is 2.68 bits per heavy atom. The van der Waals surface area contributed by atoms with E-state index in [1.54, 1.807) is 0 Å². The van der Waals surface area contributed by atoms with Gasteiger partial charge in [0.15, 0.2) is 0 Å². The number of hydrogen-bond donors (Lipinski definition) is 2. The van der Waals surface area contributed by atoms with Crippen LogP contribution in [0.25, 0.3) is 0 Å². The van der Waals surface area contributed by atoms with Crippen LogP contribution in [0.15, 0.2) is 40.4 Å². The Bertz CT molecular complexity index is 650. The third-order valence-electron chi connectivity index (χ3n) is 2.28. The smallest absolute Gasteiger partial charge is 0.337 e. The molecule has 4 nitrogen and oxygen atoms in total. The summed E-state index contributed by atoms with van der Waals surface area (Å²) in [5.41, 5.74) is 5.49. The molecule has 0 bridgehead atoms. The Labute approximate surface area is 111 Å². The lowest BCUT2D eigenvalue weighted by atomic mass is 10.2. The van der Waals surface area contributed by atoms with Gasteiger partial charge < -0.3 is 10.8 Å². The van der Waals surface area contributed by atoms with E-state index in [1.807, 2.05) is 0 Å². The second-order valence-electron chi connectivity index (χ2n) is 3.56. The Balaban J connectivity index is 2.38. The number of pyridine rings is 1. The number of halogens is 2. The lowest BCUT2D eigenvalue weighted by molar-refractivity contribution is 0.0697. The second kappa shape index (κ2) is 5.23. The van der Waals surface area contributed by atoms with Crippen LogP contribution < -0.4 is 5.73 Å². The molecule has 1 heterocycles. The van der Waals surface area contributed by atoms with Crippen LogP contribution in [0.3, 0.4) is 0 Å². The van der Waals surface area contributed by atoms with Crippen LogP contribution in [-0.4, -0.2) is 16.1 Å². The molecule has 2 aromatic rings. The van der Waals surface area contributed by atoms with Gasteiger partial charge in [0.1, 0.15) is 16.7 Å². The molecule has 98 valence electrons. The van der Waals surface area contributed by atoms with Crippen molar-refractivity contribution < 1.29 is 18.7 Å². The number of carboxylic acid groups (broad SMARTS) is 1. The van der Waals surface area contributed by atoms with Crippen LogP contribution in [0.2, 0.25) is 0 Å². The van der Waals surface area contributed by atoms with Gasteiger partial charge in [0, 0.05) is 17.2 Å². The van der Waals surface area contributed by atoms with Crippen molar-refractivity contribution in [2.75, 3.05) is 5.73 Å². The molecule has 0 unspecified atom stereocenters. The molecule has 0 aliphatic carbocycles. The summed E-state index contributed by atoms with van der Waals surface area (Å²) in [5.74, 6) is -2.64. The van der Waals surface area contributed by atoms with Crippen molar-refractivity contribution in [2.24, 2.45) is 0 Å². The van der Waals surface area contributed by atoms with Crippen LogP contribution in [0, 0.1) is 11.6 Å². The standard InChI is InChI=1S/C12H8F2N2O2S/c13-6-1-2-9(8(14)5-6)19-11-10(15)7(12(17)18)3-4-16-11/h1-5H,15H2,(H,17,18). The van der Waals surface area contributed by atoms with Crippen LogP contribution in [-0.2, 0) is 0 Å². The summed E-state index contributed by atoms with van der Waals surface area (Å²) < 4.78 is 26.2. The Morgan fingerprint density at radius 2 is 2.05 bits per heavy atom. The van der Waals surface area contributed by atoms with Gasteiger partial charge >= 0.3 is 5.97 Å². The minimum atomic E-state index is -1.19. The van der Waals surface area contributed by atoms with E-state index < -0.39 is 17.6 Å². The topological polar surface area (TPSA) is 76.2 Å². The van der Waals surface area contributed by atoms with Gasteiger partial charge in [-0.1, -0.05) is 11.8 Å². The predicted octanol–water partition coefficient (Wildman–Crippen LogP) is 2.79. The van der Waals surface area contributed by atoms with Crippen molar-refractivity contribution >= 4 is 23.4 Å². The van der Waals surface area contributed by atoms with Crippen LogP contribution in [0.4, 0.5) is 14.5 Å². The predicted molar refractivity (Wildman–Crippen MR) is 66.1 cm³/mol. The van der Waals surface area contributed by atoms with Gasteiger partial charge in [-0.2, -0.15) is 0 Å². The fourth-order valence-corrected chi connectivity index (χ4v) is 2.22. The molecule has 0 fully saturated rings. The molecule has 0 aliphatic rings. The molecule has 0 aliphatic heterocycles. The number of benzene rings is 1. The summed E-state index contributed by atoms with van der Waals surface area (Å²) in [6, 6.07) is 4.33. The quantitative estimate of drug-likeness (QED) is 0.905. The number of carboxylic acids is 1. The molecule has 2 rings (SSSR count). The molecule has 0 amide bonds. The van der Waals surface area contributed by atoms with Crippen molar-refractivity contribution in [1.29, 1.82) is 0 Å². The van der Waals surface area contributed by atoms with E-state index in [0.717, 1.165) is 23.9 Å². The third-order valence-corrected chi connectivity index (χ3v) is 3.35. The van der Waals surface area contributed by atoms with E-state index in [0.29, 0.717) is 0 Å². The first-order valence-electron chi connectivity index (χ1n) is 5.09. The summed E-state index contributed by atoms with van der Waals surface area (Å²) in [6.07, 6.45) is 1.27. The number of nitrogens with two attached hydrogens (primary N) is 1. The Kier molecular flexibility index (Phi) is 3.66. The van der Waals surface area contributed by atoms with Crippen molar-refractivity contribution in [3.63, 3.8) is 0 Å². The summed E-state index contributed by atoms with van der Waals surface area (Å²) in [7, 11) is 0. The molecule has 0 atom stereocenters. The van der Waals surface area contributed by atoms with Gasteiger partial charge in [0.2, 0.25) is 0 Å². The molecule has 0 spiro atoms. The molecular weight excluding hydrogens is 274 g/mol. The molecular formula is C12H8F2N2O2S. The fraction of sp³-hybridized carbons (Fsp3) is 0. The fourth-order valence-electron chi connectivity index (χ4n) is 1.38. The lowest BCUT2D eigenvalue weighted by Crippen LogP contribution is -2.04. The highest BCUT2D eigenvalue weighted by Crippen LogP contribution is 2.33.